The Morgan fingerprint density at radius 3 is 2.88 bits per heavy atom. The van der Waals surface area contributed by atoms with Gasteiger partial charge >= 0.3 is 0 Å². The first kappa shape index (κ1) is 11.6. The molecule has 1 saturated heterocycles. The standard InChI is InChI=1S/C12H13FN2O2/c1-8-3-2-4-9(12(8)13)15-6-5-10(16)14-7-11(15)17/h2-4H,5-7H2,1H3,(H,14,16). The molecular formula is C12H13FN2O2. The van der Waals surface area contributed by atoms with Crippen molar-refractivity contribution >= 4 is 17.5 Å². The van der Waals surface area contributed by atoms with Crippen LogP contribution in [0.2, 0.25) is 0 Å². The zero-order chi connectivity index (χ0) is 12.4. The predicted octanol–water partition coefficient (Wildman–Crippen LogP) is 0.987. The van der Waals surface area contributed by atoms with Gasteiger partial charge in [-0.05, 0) is 18.6 Å². The van der Waals surface area contributed by atoms with Gasteiger partial charge < -0.3 is 10.2 Å². The van der Waals surface area contributed by atoms with Crippen LogP contribution >= 0.6 is 0 Å². The number of hydrogen-bond donors (Lipinski definition) is 1. The number of halogens is 1. The van der Waals surface area contributed by atoms with Crippen molar-refractivity contribution in [1.29, 1.82) is 0 Å². The zero-order valence-electron chi connectivity index (χ0n) is 9.50. The van der Waals surface area contributed by atoms with Crippen molar-refractivity contribution in [2.24, 2.45) is 0 Å². The van der Waals surface area contributed by atoms with Crippen molar-refractivity contribution in [3.8, 4) is 0 Å². The monoisotopic (exact) mass is 236 g/mol. The molecule has 0 aliphatic carbocycles. The van der Waals surface area contributed by atoms with E-state index in [0.717, 1.165) is 0 Å². The molecular weight excluding hydrogens is 223 g/mol. The van der Waals surface area contributed by atoms with Crippen molar-refractivity contribution < 1.29 is 14.0 Å². The van der Waals surface area contributed by atoms with E-state index < -0.39 is 5.82 Å². The number of carbonyl (C=O) groups is 2. The van der Waals surface area contributed by atoms with Gasteiger partial charge in [0.1, 0.15) is 5.82 Å². The van der Waals surface area contributed by atoms with E-state index in [1.165, 1.54) is 4.90 Å². The van der Waals surface area contributed by atoms with Crippen LogP contribution in [0.5, 0.6) is 0 Å². The quantitative estimate of drug-likeness (QED) is 0.790. The molecule has 1 aliphatic heterocycles. The van der Waals surface area contributed by atoms with E-state index in [4.69, 9.17) is 0 Å². The van der Waals surface area contributed by atoms with E-state index in [9.17, 15) is 14.0 Å². The molecule has 0 saturated carbocycles. The van der Waals surface area contributed by atoms with E-state index in [1.54, 1.807) is 25.1 Å². The van der Waals surface area contributed by atoms with Gasteiger partial charge in [-0.2, -0.15) is 0 Å². The summed E-state index contributed by atoms with van der Waals surface area (Å²) >= 11 is 0. The van der Waals surface area contributed by atoms with Crippen LogP contribution in [0, 0.1) is 12.7 Å². The molecule has 0 bridgehead atoms. The molecule has 2 amide bonds. The lowest BCUT2D eigenvalue weighted by Gasteiger charge is -2.21. The minimum atomic E-state index is -0.407. The fraction of sp³-hybridized carbons (Fsp3) is 0.333. The molecule has 5 heteroatoms. The molecule has 0 atom stereocenters. The highest BCUT2D eigenvalue weighted by molar-refractivity contribution is 5.99. The van der Waals surface area contributed by atoms with Crippen LogP contribution in [0.25, 0.3) is 0 Å². The minimum absolute atomic E-state index is 0.0772. The summed E-state index contributed by atoms with van der Waals surface area (Å²) < 4.78 is 13.9. The Kier molecular flexibility index (Phi) is 3.08. The number of benzene rings is 1. The Balaban J connectivity index is 2.34. The summed E-state index contributed by atoms with van der Waals surface area (Å²) in [6.07, 6.45) is 0.194. The first-order valence-corrected chi connectivity index (χ1v) is 5.42. The second-order valence-corrected chi connectivity index (χ2v) is 3.98. The molecule has 1 aromatic rings. The smallest absolute Gasteiger partial charge is 0.246 e. The third kappa shape index (κ3) is 2.27. The van der Waals surface area contributed by atoms with Crippen LogP contribution in [0.4, 0.5) is 10.1 Å². The van der Waals surface area contributed by atoms with Gasteiger partial charge in [0.05, 0.1) is 12.2 Å². The van der Waals surface area contributed by atoms with E-state index in [2.05, 4.69) is 5.32 Å². The van der Waals surface area contributed by atoms with Crippen LogP contribution in [0.3, 0.4) is 0 Å². The lowest BCUT2D eigenvalue weighted by molar-refractivity contribution is -0.123. The van der Waals surface area contributed by atoms with E-state index in [0.29, 0.717) is 5.56 Å². The average Bonchev–Trinajstić information content (AvgIpc) is 2.46. The van der Waals surface area contributed by atoms with Gasteiger partial charge in [-0.25, -0.2) is 4.39 Å². The molecule has 1 fully saturated rings. The Morgan fingerprint density at radius 2 is 2.12 bits per heavy atom. The summed E-state index contributed by atoms with van der Waals surface area (Å²) in [7, 11) is 0. The molecule has 1 aliphatic rings. The number of hydrogen-bond acceptors (Lipinski definition) is 2. The van der Waals surface area contributed by atoms with Crippen LogP contribution in [-0.4, -0.2) is 24.9 Å². The van der Waals surface area contributed by atoms with Crippen molar-refractivity contribution in [3.63, 3.8) is 0 Å². The fourth-order valence-electron chi connectivity index (χ4n) is 1.79. The molecule has 2 rings (SSSR count). The highest BCUT2D eigenvalue weighted by Gasteiger charge is 2.23. The van der Waals surface area contributed by atoms with Gasteiger partial charge in [0, 0.05) is 13.0 Å². The molecule has 0 spiro atoms. The van der Waals surface area contributed by atoms with E-state index in [-0.39, 0.29) is 37.0 Å². The largest absolute Gasteiger partial charge is 0.347 e. The normalized spacial score (nSPS) is 16.7. The highest BCUT2D eigenvalue weighted by Crippen LogP contribution is 2.22. The molecule has 1 heterocycles. The fourth-order valence-corrected chi connectivity index (χ4v) is 1.79. The van der Waals surface area contributed by atoms with E-state index in [1.807, 2.05) is 0 Å². The zero-order valence-corrected chi connectivity index (χ0v) is 9.50. The molecule has 0 radical (unpaired) electrons. The van der Waals surface area contributed by atoms with Crippen molar-refractivity contribution in [1.82, 2.24) is 5.32 Å². The number of amides is 2. The summed E-state index contributed by atoms with van der Waals surface area (Å²) in [6.45, 7) is 1.78. The van der Waals surface area contributed by atoms with E-state index >= 15 is 0 Å². The van der Waals surface area contributed by atoms with Crippen molar-refractivity contribution in [3.05, 3.63) is 29.6 Å². The number of nitrogens with one attached hydrogen (secondary N) is 1. The average molecular weight is 236 g/mol. The molecule has 1 N–H and O–H groups in total. The molecule has 90 valence electrons. The highest BCUT2D eigenvalue weighted by atomic mass is 19.1. The summed E-state index contributed by atoms with van der Waals surface area (Å²) in [6, 6.07) is 4.89. The van der Waals surface area contributed by atoms with Crippen LogP contribution in [0.15, 0.2) is 18.2 Å². The third-order valence-electron chi connectivity index (χ3n) is 2.76. The molecule has 4 nitrogen and oxygen atoms in total. The molecule has 0 aromatic heterocycles. The second kappa shape index (κ2) is 4.53. The summed E-state index contributed by atoms with van der Waals surface area (Å²) in [5, 5.41) is 2.48. The van der Waals surface area contributed by atoms with Gasteiger partial charge in [-0.1, -0.05) is 12.1 Å². The topological polar surface area (TPSA) is 49.4 Å². The Bertz CT molecular complexity index is 474. The minimum Gasteiger partial charge on any atom is -0.347 e. The third-order valence-corrected chi connectivity index (χ3v) is 2.76. The molecule has 0 unspecified atom stereocenters. The second-order valence-electron chi connectivity index (χ2n) is 3.98. The maximum Gasteiger partial charge on any atom is 0.246 e. The number of carbonyl (C=O) groups excluding carboxylic acids is 2. The lowest BCUT2D eigenvalue weighted by Crippen LogP contribution is -2.35. The maximum absolute atomic E-state index is 13.9. The van der Waals surface area contributed by atoms with Gasteiger partial charge in [-0.3, -0.25) is 9.59 Å². The van der Waals surface area contributed by atoms with Gasteiger partial charge in [0.25, 0.3) is 0 Å². The van der Waals surface area contributed by atoms with Crippen molar-refractivity contribution in [2.75, 3.05) is 18.0 Å². The number of aryl methyl sites for hydroxylation is 1. The number of nitrogens with zero attached hydrogens (tertiary/aromatic N) is 1. The van der Waals surface area contributed by atoms with Crippen LogP contribution < -0.4 is 10.2 Å². The lowest BCUT2D eigenvalue weighted by atomic mass is 10.2. The van der Waals surface area contributed by atoms with Gasteiger partial charge in [0.15, 0.2) is 0 Å². The Morgan fingerprint density at radius 1 is 1.35 bits per heavy atom. The predicted molar refractivity (Wildman–Crippen MR) is 61.1 cm³/mol. The first-order chi connectivity index (χ1) is 8.09. The summed E-state index contributed by atoms with van der Waals surface area (Å²) in [5.41, 5.74) is 0.727. The summed E-state index contributed by atoms with van der Waals surface area (Å²) in [4.78, 5) is 24.3. The van der Waals surface area contributed by atoms with Crippen LogP contribution in [-0.2, 0) is 9.59 Å². The Labute approximate surface area is 98.4 Å². The van der Waals surface area contributed by atoms with Crippen LogP contribution in [0.1, 0.15) is 12.0 Å². The molecule has 17 heavy (non-hydrogen) atoms. The molecule has 1 aromatic carbocycles. The Hall–Kier alpha value is -1.91. The number of anilines is 1. The summed E-state index contributed by atoms with van der Waals surface area (Å²) in [5.74, 6) is -0.885. The van der Waals surface area contributed by atoms with Crippen molar-refractivity contribution in [2.45, 2.75) is 13.3 Å². The van der Waals surface area contributed by atoms with Gasteiger partial charge in [-0.15, -0.1) is 0 Å². The SMILES string of the molecule is Cc1cccc(N2CCC(=O)NCC2=O)c1F. The number of rotatable bonds is 1. The first-order valence-electron chi connectivity index (χ1n) is 5.42. The van der Waals surface area contributed by atoms with Gasteiger partial charge in [0.2, 0.25) is 11.8 Å². The maximum atomic E-state index is 13.9.